The van der Waals surface area contributed by atoms with Crippen molar-refractivity contribution in [3.63, 3.8) is 0 Å². The summed E-state index contributed by atoms with van der Waals surface area (Å²) in [6.07, 6.45) is -4.69. The van der Waals surface area contributed by atoms with E-state index in [0.717, 1.165) is 0 Å². The van der Waals surface area contributed by atoms with Gasteiger partial charge in [-0.15, -0.1) is 6.58 Å². The second-order valence-corrected chi connectivity index (χ2v) is 6.01. The van der Waals surface area contributed by atoms with Gasteiger partial charge in [0.25, 0.3) is 0 Å². The molecule has 0 radical (unpaired) electrons. The van der Waals surface area contributed by atoms with Crippen molar-refractivity contribution in [1.29, 1.82) is 0 Å². The molecule has 8 nitrogen and oxygen atoms in total. The molecule has 2 rings (SSSR count). The Labute approximate surface area is 134 Å². The largest absolute Gasteiger partial charge is 0.394 e. The minimum Gasteiger partial charge on any atom is -0.394 e. The average Bonchev–Trinajstić information content (AvgIpc) is 2.55. The van der Waals surface area contributed by atoms with E-state index in [4.69, 9.17) is 14.2 Å². The zero-order valence-electron chi connectivity index (χ0n) is 12.9. The number of aliphatic hydroxyl groups excluding tert-OH is 5. The number of hydrogen-bond donors (Lipinski definition) is 5. The first-order valence-electron chi connectivity index (χ1n) is 7.83. The van der Waals surface area contributed by atoms with E-state index in [-0.39, 0.29) is 26.1 Å². The SMILES string of the molecule is C=CCC1OC(CO)CC(OC2OC(CO)CC(O)C2O)C1O. The molecule has 8 unspecified atom stereocenters. The highest BCUT2D eigenvalue weighted by atomic mass is 16.7. The molecule has 134 valence electrons. The van der Waals surface area contributed by atoms with E-state index in [9.17, 15) is 25.5 Å². The van der Waals surface area contributed by atoms with Gasteiger partial charge in [-0.3, -0.25) is 0 Å². The van der Waals surface area contributed by atoms with Gasteiger partial charge in [0, 0.05) is 12.8 Å². The Balaban J connectivity index is 2.04. The Morgan fingerprint density at radius 1 is 1.00 bits per heavy atom. The van der Waals surface area contributed by atoms with Crippen LogP contribution in [0.2, 0.25) is 0 Å². The molecule has 0 aromatic carbocycles. The van der Waals surface area contributed by atoms with Crippen molar-refractivity contribution in [2.24, 2.45) is 0 Å². The quantitative estimate of drug-likeness (QED) is 0.363. The predicted molar refractivity (Wildman–Crippen MR) is 78.4 cm³/mol. The van der Waals surface area contributed by atoms with E-state index in [1.807, 2.05) is 0 Å². The molecule has 0 aliphatic carbocycles. The van der Waals surface area contributed by atoms with E-state index in [1.54, 1.807) is 6.08 Å². The summed E-state index contributed by atoms with van der Waals surface area (Å²) in [5.74, 6) is 0. The second-order valence-electron chi connectivity index (χ2n) is 6.01. The Morgan fingerprint density at radius 2 is 1.65 bits per heavy atom. The van der Waals surface area contributed by atoms with Gasteiger partial charge in [0.15, 0.2) is 6.29 Å². The van der Waals surface area contributed by atoms with Crippen LogP contribution in [0.25, 0.3) is 0 Å². The molecule has 2 aliphatic rings. The molecule has 5 N–H and O–H groups in total. The van der Waals surface area contributed by atoms with Crippen molar-refractivity contribution in [2.75, 3.05) is 13.2 Å². The highest BCUT2D eigenvalue weighted by molar-refractivity contribution is 4.91. The topological polar surface area (TPSA) is 129 Å². The summed E-state index contributed by atoms with van der Waals surface area (Å²) in [4.78, 5) is 0. The molecule has 0 bridgehead atoms. The van der Waals surface area contributed by atoms with Crippen LogP contribution in [0.5, 0.6) is 0 Å². The third-order valence-electron chi connectivity index (χ3n) is 4.24. The van der Waals surface area contributed by atoms with Crippen LogP contribution >= 0.6 is 0 Å². The lowest BCUT2D eigenvalue weighted by Gasteiger charge is -2.43. The lowest BCUT2D eigenvalue weighted by molar-refractivity contribution is -0.308. The fourth-order valence-electron chi connectivity index (χ4n) is 2.95. The first-order chi connectivity index (χ1) is 11.0. The number of aliphatic hydroxyl groups is 5. The van der Waals surface area contributed by atoms with Gasteiger partial charge in [0.1, 0.15) is 12.2 Å². The van der Waals surface area contributed by atoms with Crippen molar-refractivity contribution in [3.8, 4) is 0 Å². The van der Waals surface area contributed by atoms with Crippen LogP contribution < -0.4 is 0 Å². The molecule has 0 spiro atoms. The molecule has 0 aromatic rings. The Hall–Kier alpha value is -0.580. The maximum absolute atomic E-state index is 10.4. The highest BCUT2D eigenvalue weighted by Crippen LogP contribution is 2.29. The van der Waals surface area contributed by atoms with Gasteiger partial charge in [-0.1, -0.05) is 6.08 Å². The van der Waals surface area contributed by atoms with Gasteiger partial charge in [-0.25, -0.2) is 0 Å². The van der Waals surface area contributed by atoms with Gasteiger partial charge < -0.3 is 39.7 Å². The van der Waals surface area contributed by atoms with Crippen molar-refractivity contribution < 1.29 is 39.7 Å². The third-order valence-corrected chi connectivity index (χ3v) is 4.24. The first kappa shape index (κ1) is 18.8. The van der Waals surface area contributed by atoms with E-state index in [0.29, 0.717) is 6.42 Å². The molecule has 2 heterocycles. The van der Waals surface area contributed by atoms with Gasteiger partial charge >= 0.3 is 0 Å². The van der Waals surface area contributed by atoms with E-state index < -0.39 is 49.0 Å². The lowest BCUT2D eigenvalue weighted by atomic mass is 9.95. The standard InChI is InChI=1S/C15H26O8/c1-2-3-11-14(20)12(5-9(7-17)21-11)23-15-13(19)10(18)4-8(6-16)22-15/h2,8-20H,1,3-7H2. The molecule has 8 atom stereocenters. The van der Waals surface area contributed by atoms with Crippen LogP contribution in [-0.4, -0.2) is 87.8 Å². The van der Waals surface area contributed by atoms with Gasteiger partial charge in [-0.2, -0.15) is 0 Å². The number of ether oxygens (including phenoxy) is 3. The predicted octanol–water partition coefficient (Wildman–Crippen LogP) is -1.71. The summed E-state index contributed by atoms with van der Waals surface area (Å²) in [5.41, 5.74) is 0. The molecule has 8 heteroatoms. The maximum atomic E-state index is 10.4. The molecule has 0 aromatic heterocycles. The molecule has 0 saturated carbocycles. The van der Waals surface area contributed by atoms with Crippen LogP contribution in [0.15, 0.2) is 12.7 Å². The maximum Gasteiger partial charge on any atom is 0.186 e. The summed E-state index contributed by atoms with van der Waals surface area (Å²) < 4.78 is 16.6. The van der Waals surface area contributed by atoms with Crippen molar-refractivity contribution in [2.45, 2.75) is 68.3 Å². The molecule has 2 aliphatic heterocycles. The minimum atomic E-state index is -1.28. The van der Waals surface area contributed by atoms with Crippen LogP contribution in [-0.2, 0) is 14.2 Å². The fourth-order valence-corrected chi connectivity index (χ4v) is 2.95. The summed E-state index contributed by atoms with van der Waals surface area (Å²) in [5, 5.41) is 48.7. The first-order valence-corrected chi connectivity index (χ1v) is 7.83. The molecule has 0 amide bonds. The summed E-state index contributed by atoms with van der Waals surface area (Å²) >= 11 is 0. The van der Waals surface area contributed by atoms with Crippen molar-refractivity contribution >= 4 is 0 Å². The Bertz CT molecular complexity index is 378. The van der Waals surface area contributed by atoms with E-state index in [1.165, 1.54) is 0 Å². The Kier molecular flexibility index (Phi) is 6.93. The number of hydrogen-bond acceptors (Lipinski definition) is 8. The second kappa shape index (κ2) is 8.50. The molecular formula is C15H26O8. The van der Waals surface area contributed by atoms with E-state index in [2.05, 4.69) is 6.58 Å². The van der Waals surface area contributed by atoms with Crippen LogP contribution in [0.4, 0.5) is 0 Å². The summed E-state index contributed by atoms with van der Waals surface area (Å²) in [6, 6.07) is 0. The number of rotatable bonds is 6. The minimum absolute atomic E-state index is 0.103. The molecular weight excluding hydrogens is 308 g/mol. The summed E-state index contributed by atoms with van der Waals surface area (Å²) in [7, 11) is 0. The van der Waals surface area contributed by atoms with E-state index >= 15 is 0 Å². The van der Waals surface area contributed by atoms with Crippen LogP contribution in [0, 0.1) is 0 Å². The monoisotopic (exact) mass is 334 g/mol. The zero-order chi connectivity index (χ0) is 17.0. The van der Waals surface area contributed by atoms with Gasteiger partial charge in [-0.05, 0) is 6.42 Å². The molecule has 23 heavy (non-hydrogen) atoms. The highest BCUT2D eigenvalue weighted by Gasteiger charge is 2.43. The third kappa shape index (κ3) is 4.49. The fraction of sp³-hybridized carbons (Fsp3) is 0.867. The molecule has 2 fully saturated rings. The average molecular weight is 334 g/mol. The van der Waals surface area contributed by atoms with Crippen molar-refractivity contribution in [1.82, 2.24) is 0 Å². The van der Waals surface area contributed by atoms with Crippen LogP contribution in [0.3, 0.4) is 0 Å². The molecule has 2 saturated heterocycles. The van der Waals surface area contributed by atoms with Crippen molar-refractivity contribution in [3.05, 3.63) is 12.7 Å². The lowest BCUT2D eigenvalue weighted by Crippen LogP contribution is -2.56. The van der Waals surface area contributed by atoms with Crippen LogP contribution in [0.1, 0.15) is 19.3 Å². The smallest absolute Gasteiger partial charge is 0.186 e. The van der Waals surface area contributed by atoms with Gasteiger partial charge in [0.05, 0.1) is 43.7 Å². The zero-order valence-corrected chi connectivity index (χ0v) is 12.9. The van der Waals surface area contributed by atoms with Gasteiger partial charge in [0.2, 0.25) is 0 Å². The Morgan fingerprint density at radius 3 is 2.26 bits per heavy atom. The summed E-state index contributed by atoms with van der Waals surface area (Å²) in [6.45, 7) is 3.07. The normalized spacial score (nSPS) is 44.9.